The Kier molecular flexibility index (Phi) is 5.18. The van der Waals surface area contributed by atoms with Gasteiger partial charge in [-0.25, -0.2) is 0 Å². The number of benzene rings is 1. The van der Waals surface area contributed by atoms with Gasteiger partial charge in [0.15, 0.2) is 0 Å². The third-order valence-corrected chi connectivity index (χ3v) is 3.15. The highest BCUT2D eigenvalue weighted by atomic mass is 16.5. The van der Waals surface area contributed by atoms with Crippen LogP contribution < -0.4 is 16.0 Å². The Morgan fingerprint density at radius 3 is 2.53 bits per heavy atom. The second kappa shape index (κ2) is 7.11. The first-order chi connectivity index (χ1) is 9.28. The summed E-state index contributed by atoms with van der Waals surface area (Å²) in [5, 5.41) is 9.62. The van der Waals surface area contributed by atoms with E-state index < -0.39 is 0 Å². The van der Waals surface area contributed by atoms with E-state index in [-0.39, 0.29) is 12.5 Å². The quantitative estimate of drug-likeness (QED) is 0.752. The lowest BCUT2D eigenvalue weighted by Crippen LogP contribution is -2.35. The Bertz CT molecular complexity index is 400. The van der Waals surface area contributed by atoms with Gasteiger partial charge in [0.2, 0.25) is 5.91 Å². The Morgan fingerprint density at radius 1 is 1.26 bits per heavy atom. The second-order valence-corrected chi connectivity index (χ2v) is 4.73. The number of carbonyl (C=O) groups is 1. The van der Waals surface area contributed by atoms with Crippen LogP contribution in [-0.4, -0.2) is 38.8 Å². The topological polar surface area (TPSA) is 62.4 Å². The molecule has 1 amide bonds. The molecule has 1 aliphatic rings. The molecule has 3 N–H and O–H groups in total. The zero-order valence-electron chi connectivity index (χ0n) is 11.2. The molecule has 5 nitrogen and oxygen atoms in total. The van der Waals surface area contributed by atoms with E-state index in [0.29, 0.717) is 6.04 Å². The Labute approximate surface area is 113 Å². The molecule has 0 unspecified atom stereocenters. The molecule has 104 valence electrons. The van der Waals surface area contributed by atoms with E-state index in [0.717, 1.165) is 37.3 Å². The van der Waals surface area contributed by atoms with Gasteiger partial charge in [0, 0.05) is 24.5 Å². The van der Waals surface area contributed by atoms with Gasteiger partial charge in [0.25, 0.3) is 0 Å². The highest BCUT2D eigenvalue weighted by Crippen LogP contribution is 2.16. The van der Waals surface area contributed by atoms with Crippen LogP contribution in [0.2, 0.25) is 0 Å². The van der Waals surface area contributed by atoms with E-state index in [2.05, 4.69) is 16.0 Å². The van der Waals surface area contributed by atoms with Crippen LogP contribution in [0.15, 0.2) is 24.3 Å². The van der Waals surface area contributed by atoms with Gasteiger partial charge in [-0.3, -0.25) is 4.79 Å². The third-order valence-electron chi connectivity index (χ3n) is 3.15. The van der Waals surface area contributed by atoms with Gasteiger partial charge < -0.3 is 20.7 Å². The molecular weight excluding hydrogens is 242 g/mol. The molecule has 0 aliphatic carbocycles. The SMILES string of the molecule is COCC(=O)Nc1ccc(NC2CCNCC2)cc1. The maximum atomic E-state index is 11.4. The summed E-state index contributed by atoms with van der Waals surface area (Å²) in [6.45, 7) is 2.22. The molecule has 0 saturated carbocycles. The first-order valence-corrected chi connectivity index (χ1v) is 6.64. The largest absolute Gasteiger partial charge is 0.382 e. The van der Waals surface area contributed by atoms with Crippen LogP contribution >= 0.6 is 0 Å². The smallest absolute Gasteiger partial charge is 0.250 e. The Balaban J connectivity index is 1.85. The maximum absolute atomic E-state index is 11.4. The van der Waals surface area contributed by atoms with Crippen LogP contribution in [-0.2, 0) is 9.53 Å². The van der Waals surface area contributed by atoms with Crippen LogP contribution in [0.1, 0.15) is 12.8 Å². The minimum absolute atomic E-state index is 0.0784. The van der Waals surface area contributed by atoms with Crippen LogP contribution in [0.4, 0.5) is 11.4 Å². The molecule has 19 heavy (non-hydrogen) atoms. The van der Waals surface area contributed by atoms with Crippen LogP contribution in [0.25, 0.3) is 0 Å². The van der Waals surface area contributed by atoms with Crippen LogP contribution in [0.5, 0.6) is 0 Å². The average molecular weight is 263 g/mol. The zero-order chi connectivity index (χ0) is 13.5. The molecule has 5 heteroatoms. The number of rotatable bonds is 5. The van der Waals surface area contributed by atoms with Gasteiger partial charge in [-0.1, -0.05) is 0 Å². The van der Waals surface area contributed by atoms with E-state index in [1.165, 1.54) is 7.11 Å². The summed E-state index contributed by atoms with van der Waals surface area (Å²) in [4.78, 5) is 11.4. The first-order valence-electron chi connectivity index (χ1n) is 6.64. The van der Waals surface area contributed by atoms with Crippen molar-refractivity contribution in [2.24, 2.45) is 0 Å². The normalized spacial score (nSPS) is 16.1. The summed E-state index contributed by atoms with van der Waals surface area (Å²) in [6.07, 6.45) is 2.29. The van der Waals surface area contributed by atoms with Crippen molar-refractivity contribution in [3.63, 3.8) is 0 Å². The van der Waals surface area contributed by atoms with Crippen LogP contribution in [0.3, 0.4) is 0 Å². The van der Waals surface area contributed by atoms with Crippen molar-refractivity contribution in [3.8, 4) is 0 Å². The summed E-state index contributed by atoms with van der Waals surface area (Å²) in [6, 6.07) is 8.32. The number of hydrogen-bond donors (Lipinski definition) is 3. The standard InChI is InChI=1S/C14H21N3O2/c1-19-10-14(18)17-12-4-2-11(3-5-12)16-13-6-8-15-9-7-13/h2-5,13,15-16H,6-10H2,1H3,(H,17,18). The fraction of sp³-hybridized carbons (Fsp3) is 0.500. The zero-order valence-corrected chi connectivity index (χ0v) is 11.2. The Morgan fingerprint density at radius 2 is 1.89 bits per heavy atom. The number of methoxy groups -OCH3 is 1. The number of ether oxygens (including phenoxy) is 1. The molecule has 1 fully saturated rings. The van der Waals surface area contributed by atoms with Crippen molar-refractivity contribution in [1.29, 1.82) is 0 Å². The molecule has 1 heterocycles. The highest BCUT2D eigenvalue weighted by molar-refractivity contribution is 5.91. The summed E-state index contributed by atoms with van der Waals surface area (Å²) in [7, 11) is 1.51. The fourth-order valence-corrected chi connectivity index (χ4v) is 2.18. The predicted octanol–water partition coefficient (Wildman–Crippen LogP) is 1.44. The number of carbonyl (C=O) groups excluding carboxylic acids is 1. The van der Waals surface area contributed by atoms with Crippen molar-refractivity contribution in [3.05, 3.63) is 24.3 Å². The van der Waals surface area contributed by atoms with E-state index in [1.54, 1.807) is 0 Å². The molecule has 1 saturated heterocycles. The fourth-order valence-electron chi connectivity index (χ4n) is 2.18. The molecule has 1 aromatic rings. The summed E-state index contributed by atoms with van der Waals surface area (Å²) < 4.78 is 4.77. The number of hydrogen-bond acceptors (Lipinski definition) is 4. The van der Waals surface area contributed by atoms with Crippen molar-refractivity contribution in [2.45, 2.75) is 18.9 Å². The molecule has 2 rings (SSSR count). The van der Waals surface area contributed by atoms with Gasteiger partial charge in [-0.15, -0.1) is 0 Å². The van der Waals surface area contributed by atoms with Crippen LogP contribution in [0, 0.1) is 0 Å². The van der Waals surface area contributed by atoms with E-state index in [9.17, 15) is 4.79 Å². The molecular formula is C14H21N3O2. The molecule has 0 aromatic heterocycles. The minimum atomic E-state index is -0.137. The van der Waals surface area contributed by atoms with E-state index >= 15 is 0 Å². The summed E-state index contributed by atoms with van der Waals surface area (Å²) >= 11 is 0. The number of anilines is 2. The highest BCUT2D eigenvalue weighted by Gasteiger charge is 2.12. The lowest BCUT2D eigenvalue weighted by atomic mass is 10.1. The molecule has 0 radical (unpaired) electrons. The van der Waals surface area contributed by atoms with Crippen molar-refractivity contribution < 1.29 is 9.53 Å². The van der Waals surface area contributed by atoms with E-state index in [1.807, 2.05) is 24.3 Å². The van der Waals surface area contributed by atoms with Gasteiger partial charge in [-0.05, 0) is 50.2 Å². The number of piperidine rings is 1. The summed E-state index contributed by atoms with van der Waals surface area (Å²) in [5.74, 6) is -0.137. The van der Waals surface area contributed by atoms with Gasteiger partial charge in [0.05, 0.1) is 0 Å². The van der Waals surface area contributed by atoms with Crippen molar-refractivity contribution in [2.75, 3.05) is 37.4 Å². The molecule has 1 aromatic carbocycles. The van der Waals surface area contributed by atoms with Crippen molar-refractivity contribution >= 4 is 17.3 Å². The predicted molar refractivity (Wildman–Crippen MR) is 76.5 cm³/mol. The Hall–Kier alpha value is -1.59. The molecule has 0 spiro atoms. The van der Waals surface area contributed by atoms with Gasteiger partial charge in [-0.2, -0.15) is 0 Å². The summed E-state index contributed by atoms with van der Waals surface area (Å²) in [5.41, 5.74) is 1.88. The van der Waals surface area contributed by atoms with Gasteiger partial charge >= 0.3 is 0 Å². The van der Waals surface area contributed by atoms with E-state index in [4.69, 9.17) is 4.74 Å². The molecule has 0 atom stereocenters. The third kappa shape index (κ3) is 4.54. The number of amides is 1. The average Bonchev–Trinajstić information content (AvgIpc) is 2.42. The van der Waals surface area contributed by atoms with Gasteiger partial charge in [0.1, 0.15) is 6.61 Å². The lowest BCUT2D eigenvalue weighted by molar-refractivity contribution is -0.119. The second-order valence-electron chi connectivity index (χ2n) is 4.73. The van der Waals surface area contributed by atoms with Crippen molar-refractivity contribution in [1.82, 2.24) is 5.32 Å². The minimum Gasteiger partial charge on any atom is -0.382 e. The molecule has 1 aliphatic heterocycles. The monoisotopic (exact) mass is 263 g/mol. The lowest BCUT2D eigenvalue weighted by Gasteiger charge is -2.24. The first kappa shape index (κ1) is 13.8. The maximum Gasteiger partial charge on any atom is 0.250 e. The number of nitrogens with one attached hydrogen (secondary N) is 3. The molecule has 0 bridgehead atoms.